The molecule has 18 heteroatoms. The molecule has 1 saturated carbocycles. The molecule has 3 fully saturated rings. The lowest BCUT2D eigenvalue weighted by molar-refractivity contribution is -0.130. The van der Waals surface area contributed by atoms with Crippen LogP contribution in [0.1, 0.15) is 102 Å². The minimum atomic E-state index is -0.397. The molecule has 1 aliphatic carbocycles. The van der Waals surface area contributed by atoms with E-state index in [0.29, 0.717) is 90.9 Å². The van der Waals surface area contributed by atoms with Gasteiger partial charge in [-0.2, -0.15) is 10.2 Å². The lowest BCUT2D eigenvalue weighted by Crippen LogP contribution is -2.45. The zero-order valence-electron chi connectivity index (χ0n) is 35.6. The zero-order valence-corrected chi connectivity index (χ0v) is 35.6. The molecule has 8 N–H and O–H groups in total. The van der Waals surface area contributed by atoms with Crippen molar-refractivity contribution in [1.82, 2.24) is 50.0 Å². The van der Waals surface area contributed by atoms with Crippen molar-refractivity contribution in [2.24, 2.45) is 23.3 Å². The largest absolute Gasteiger partial charge is 0.381 e. The fourth-order valence-corrected chi connectivity index (χ4v) is 9.26. The molecule has 0 atom stereocenters. The number of carbonyl (C=O) groups is 4. The Kier molecular flexibility index (Phi) is 13.2. The highest BCUT2D eigenvalue weighted by atomic mass is 16.2. The molecule has 18 nitrogen and oxygen atoms in total. The molecule has 0 bridgehead atoms. The molecule has 4 aromatic rings. The Morgan fingerprint density at radius 3 is 1.28 bits per heavy atom. The predicted molar refractivity (Wildman–Crippen MR) is 230 cm³/mol. The SMILES string of the molecule is CCc1nc2c(cnn2CC)c(NC2CCN(C(N)=O)CC2)c1CNC(=O)C1CCC(C(=O)NCc2c(CC)nc3c(cnn3CC)c2NC2CCN(C(N)=O)CC2)CC1. The Balaban J connectivity index is 0.991. The normalized spacial score (nSPS) is 19.1. The van der Waals surface area contributed by atoms with E-state index < -0.39 is 12.1 Å². The number of fused-ring (bicyclic) bond motifs is 2. The topological polar surface area (TPSA) is 236 Å². The maximum atomic E-state index is 13.8. The van der Waals surface area contributed by atoms with E-state index in [4.69, 9.17) is 21.4 Å². The molecule has 0 unspecified atom stereocenters. The van der Waals surface area contributed by atoms with Crippen molar-refractivity contribution in [2.75, 3.05) is 36.8 Å². The molecule has 324 valence electrons. The number of piperidine rings is 2. The number of aromatic nitrogens is 6. The Bertz CT molecular complexity index is 2040. The third-order valence-corrected chi connectivity index (χ3v) is 12.9. The van der Waals surface area contributed by atoms with Gasteiger partial charge in [-0.3, -0.25) is 9.59 Å². The van der Waals surface area contributed by atoms with E-state index in [1.54, 1.807) is 9.80 Å². The van der Waals surface area contributed by atoms with Gasteiger partial charge in [0.25, 0.3) is 0 Å². The fraction of sp³-hybridized carbons (Fsp3) is 0.619. The van der Waals surface area contributed by atoms with E-state index in [2.05, 4.69) is 45.3 Å². The standard InChI is InChI=1S/C42H62N14O4/c1-5-33-29(35(31-23-47-55(7-3)37(31)51-33)49-27-13-17-53(18-14-27)41(43)59)21-45-39(57)25-9-11-26(12-10-25)40(58)46-22-30-34(6-2)52-38-32(24-48-56(38)8-4)36(30)50-28-15-19-54(20-16-28)42(44)60/h23-28H,5-22H2,1-4H3,(H2,43,59)(H2,44,60)(H,45,57)(H,46,58)(H,49,51)(H,50,52). The van der Waals surface area contributed by atoms with E-state index in [1.165, 1.54) is 0 Å². The van der Waals surface area contributed by atoms with Gasteiger partial charge in [-0.15, -0.1) is 0 Å². The summed E-state index contributed by atoms with van der Waals surface area (Å²) in [6.45, 7) is 12.6. The Morgan fingerprint density at radius 1 is 0.600 bits per heavy atom. The second-order valence-corrected chi connectivity index (χ2v) is 16.4. The first-order valence-electron chi connectivity index (χ1n) is 21.9. The van der Waals surface area contributed by atoms with Gasteiger partial charge in [0.2, 0.25) is 11.8 Å². The average Bonchev–Trinajstić information content (AvgIpc) is 3.89. The maximum absolute atomic E-state index is 13.8. The number of hydrogen-bond acceptors (Lipinski definition) is 10. The number of anilines is 2. The summed E-state index contributed by atoms with van der Waals surface area (Å²) >= 11 is 0. The van der Waals surface area contributed by atoms with Crippen molar-refractivity contribution in [3.05, 3.63) is 34.9 Å². The number of amides is 6. The fourth-order valence-electron chi connectivity index (χ4n) is 9.26. The lowest BCUT2D eigenvalue weighted by Gasteiger charge is -2.33. The molecule has 4 aromatic heterocycles. The molecule has 2 aliphatic heterocycles. The van der Waals surface area contributed by atoms with Crippen LogP contribution in [0.15, 0.2) is 12.4 Å². The zero-order chi connectivity index (χ0) is 42.5. The van der Waals surface area contributed by atoms with Crippen LogP contribution in [0.5, 0.6) is 0 Å². The van der Waals surface area contributed by atoms with Gasteiger partial charge in [0.15, 0.2) is 11.3 Å². The number of aryl methyl sites for hydroxylation is 4. The molecule has 0 radical (unpaired) electrons. The van der Waals surface area contributed by atoms with Crippen molar-refractivity contribution in [3.63, 3.8) is 0 Å². The van der Waals surface area contributed by atoms with Gasteiger partial charge >= 0.3 is 12.1 Å². The third-order valence-electron chi connectivity index (χ3n) is 12.9. The van der Waals surface area contributed by atoms with Crippen LogP contribution in [0.2, 0.25) is 0 Å². The molecular weight excluding hydrogens is 765 g/mol. The quantitative estimate of drug-likeness (QED) is 0.107. The molecule has 6 heterocycles. The van der Waals surface area contributed by atoms with Crippen molar-refractivity contribution < 1.29 is 19.2 Å². The number of pyridine rings is 2. The van der Waals surface area contributed by atoms with E-state index in [-0.39, 0.29) is 35.7 Å². The summed E-state index contributed by atoms with van der Waals surface area (Å²) in [5.74, 6) is -0.423. The van der Waals surface area contributed by atoms with Crippen LogP contribution in [0.3, 0.4) is 0 Å². The predicted octanol–water partition coefficient (Wildman–Crippen LogP) is 3.99. The van der Waals surface area contributed by atoms with Crippen LogP contribution in [0.25, 0.3) is 22.1 Å². The van der Waals surface area contributed by atoms with Crippen LogP contribution in [-0.2, 0) is 48.6 Å². The number of urea groups is 2. The number of nitrogens with one attached hydrogen (secondary N) is 4. The minimum absolute atomic E-state index is 0.0158. The number of likely N-dealkylation sites (tertiary alicyclic amines) is 2. The molecule has 6 amide bonds. The van der Waals surface area contributed by atoms with Crippen LogP contribution in [-0.4, -0.2) is 101 Å². The summed E-state index contributed by atoms with van der Waals surface area (Å²) < 4.78 is 3.78. The highest BCUT2D eigenvalue weighted by Crippen LogP contribution is 2.35. The summed E-state index contributed by atoms with van der Waals surface area (Å²) in [6.07, 6.45) is 10.6. The van der Waals surface area contributed by atoms with E-state index in [1.807, 2.05) is 35.6 Å². The second kappa shape index (κ2) is 18.7. The van der Waals surface area contributed by atoms with Gasteiger partial charge in [0, 0.05) is 98.8 Å². The second-order valence-electron chi connectivity index (χ2n) is 16.4. The maximum Gasteiger partial charge on any atom is 0.314 e. The monoisotopic (exact) mass is 827 g/mol. The number of primary amides is 2. The summed E-state index contributed by atoms with van der Waals surface area (Å²) in [5, 5.41) is 25.0. The lowest BCUT2D eigenvalue weighted by atomic mass is 9.81. The number of rotatable bonds is 14. The number of nitrogens with zero attached hydrogens (tertiary/aromatic N) is 8. The number of hydrogen-bond donors (Lipinski definition) is 6. The Labute approximate surface area is 350 Å². The average molecular weight is 827 g/mol. The molecule has 60 heavy (non-hydrogen) atoms. The van der Waals surface area contributed by atoms with Crippen LogP contribution in [0, 0.1) is 11.8 Å². The minimum Gasteiger partial charge on any atom is -0.381 e. The van der Waals surface area contributed by atoms with Gasteiger partial charge in [-0.05, 0) is 78.1 Å². The Morgan fingerprint density at radius 2 is 0.967 bits per heavy atom. The van der Waals surface area contributed by atoms with Gasteiger partial charge in [0.05, 0.1) is 34.5 Å². The molecule has 0 aromatic carbocycles. The summed E-state index contributed by atoms with van der Waals surface area (Å²) in [7, 11) is 0. The molecule has 2 saturated heterocycles. The summed E-state index contributed by atoms with van der Waals surface area (Å²) in [5.41, 5.74) is 18.3. The highest BCUT2D eigenvalue weighted by molar-refractivity contribution is 5.93. The van der Waals surface area contributed by atoms with Crippen LogP contribution < -0.4 is 32.7 Å². The first-order chi connectivity index (χ1) is 29.0. The van der Waals surface area contributed by atoms with E-state index in [9.17, 15) is 19.2 Å². The van der Waals surface area contributed by atoms with E-state index >= 15 is 0 Å². The van der Waals surface area contributed by atoms with Gasteiger partial charge in [-0.1, -0.05) is 13.8 Å². The van der Waals surface area contributed by atoms with E-state index in [0.717, 1.165) is 81.6 Å². The van der Waals surface area contributed by atoms with Gasteiger partial charge in [-0.25, -0.2) is 28.9 Å². The van der Waals surface area contributed by atoms with Gasteiger partial charge in [0.1, 0.15) is 0 Å². The third kappa shape index (κ3) is 8.92. The first kappa shape index (κ1) is 42.4. The number of carbonyl (C=O) groups excluding carboxylic acids is 4. The Hall–Kier alpha value is -5.68. The highest BCUT2D eigenvalue weighted by Gasteiger charge is 2.32. The number of nitrogens with two attached hydrogens (primary N) is 2. The van der Waals surface area contributed by atoms with Crippen molar-refractivity contribution >= 4 is 57.3 Å². The molecule has 3 aliphatic rings. The first-order valence-corrected chi connectivity index (χ1v) is 21.9. The summed E-state index contributed by atoms with van der Waals surface area (Å²) in [4.78, 5) is 64.4. The molecular formula is C42H62N14O4. The van der Waals surface area contributed by atoms with Crippen LogP contribution in [0.4, 0.5) is 21.0 Å². The van der Waals surface area contributed by atoms with Crippen molar-refractivity contribution in [2.45, 2.75) is 130 Å². The molecule has 0 spiro atoms. The van der Waals surface area contributed by atoms with Gasteiger partial charge < -0.3 is 42.5 Å². The van der Waals surface area contributed by atoms with Crippen LogP contribution >= 0.6 is 0 Å². The van der Waals surface area contributed by atoms with Crippen molar-refractivity contribution in [3.8, 4) is 0 Å². The van der Waals surface area contributed by atoms with Crippen molar-refractivity contribution in [1.29, 1.82) is 0 Å². The molecule has 7 rings (SSSR count). The summed E-state index contributed by atoms with van der Waals surface area (Å²) in [6, 6.07) is -0.543. The smallest absolute Gasteiger partial charge is 0.314 e.